The van der Waals surface area contributed by atoms with Crippen molar-refractivity contribution in [2.75, 3.05) is 25.7 Å². The number of carbonyl (C=O) groups excluding carboxylic acids is 2. The summed E-state index contributed by atoms with van der Waals surface area (Å²) in [5.41, 5.74) is 3.52. The Labute approximate surface area is 158 Å². The van der Waals surface area contributed by atoms with Gasteiger partial charge in [0.25, 0.3) is 0 Å². The molecule has 0 saturated carbocycles. The monoisotopic (exact) mass is 366 g/mol. The molecule has 0 radical (unpaired) electrons. The molecule has 1 atom stereocenters. The number of ketones is 1. The van der Waals surface area contributed by atoms with Crippen LogP contribution in [0.15, 0.2) is 36.4 Å². The lowest BCUT2D eigenvalue weighted by Gasteiger charge is -2.24. The maximum absolute atomic E-state index is 12.6. The third-order valence-electron chi connectivity index (χ3n) is 5.19. The van der Waals surface area contributed by atoms with Crippen molar-refractivity contribution in [2.45, 2.75) is 25.8 Å². The van der Waals surface area contributed by atoms with Gasteiger partial charge in [0.1, 0.15) is 0 Å². The van der Waals surface area contributed by atoms with E-state index in [9.17, 15) is 9.59 Å². The first-order valence-corrected chi connectivity index (χ1v) is 9.05. The molecule has 6 heteroatoms. The van der Waals surface area contributed by atoms with Crippen LogP contribution in [-0.2, 0) is 11.2 Å². The van der Waals surface area contributed by atoms with E-state index >= 15 is 0 Å². The molecule has 2 aromatic rings. The summed E-state index contributed by atoms with van der Waals surface area (Å²) < 4.78 is 10.7. The van der Waals surface area contributed by atoms with E-state index in [1.807, 2.05) is 13.1 Å². The number of rotatable bonds is 5. The molecule has 0 spiro atoms. The summed E-state index contributed by atoms with van der Waals surface area (Å²) in [4.78, 5) is 26.6. The Bertz CT molecular complexity index is 909. The summed E-state index contributed by atoms with van der Waals surface area (Å²) >= 11 is 0. The molecule has 1 N–H and O–H groups in total. The van der Waals surface area contributed by atoms with Crippen LogP contribution < -0.4 is 14.8 Å². The maximum Gasteiger partial charge on any atom is 0.238 e. The van der Waals surface area contributed by atoms with Crippen molar-refractivity contribution in [3.05, 3.63) is 53.1 Å². The Morgan fingerprint density at radius 3 is 2.70 bits per heavy atom. The summed E-state index contributed by atoms with van der Waals surface area (Å²) in [5.74, 6) is 0.760. The van der Waals surface area contributed by atoms with Gasteiger partial charge in [-0.3, -0.25) is 14.5 Å². The third-order valence-corrected chi connectivity index (χ3v) is 5.19. The summed E-state index contributed by atoms with van der Waals surface area (Å²) in [6.45, 7) is 1.83. The van der Waals surface area contributed by atoms with Crippen molar-refractivity contribution < 1.29 is 19.1 Å². The van der Waals surface area contributed by atoms with Crippen LogP contribution in [0.25, 0.3) is 0 Å². The minimum atomic E-state index is -0.164. The number of nitrogens with zero attached hydrogens (tertiary/aromatic N) is 1. The van der Waals surface area contributed by atoms with Crippen molar-refractivity contribution in [1.29, 1.82) is 0 Å². The highest BCUT2D eigenvalue weighted by atomic mass is 16.7. The molecule has 140 valence electrons. The quantitative estimate of drug-likeness (QED) is 0.823. The first-order valence-electron chi connectivity index (χ1n) is 9.05. The fraction of sp³-hybridized carbons (Fsp3) is 0.333. The number of carbonyl (C=O) groups is 2. The highest BCUT2D eigenvalue weighted by molar-refractivity contribution is 6.05. The number of amides is 1. The Kier molecular flexibility index (Phi) is 4.58. The molecule has 27 heavy (non-hydrogen) atoms. The number of benzene rings is 2. The molecule has 1 aliphatic carbocycles. The predicted octanol–water partition coefficient (Wildman–Crippen LogP) is 3.18. The van der Waals surface area contributed by atoms with Crippen LogP contribution in [0.3, 0.4) is 0 Å². The van der Waals surface area contributed by atoms with Gasteiger partial charge in [-0.15, -0.1) is 0 Å². The van der Waals surface area contributed by atoms with Crippen LogP contribution in [0.5, 0.6) is 11.5 Å². The van der Waals surface area contributed by atoms with Crippen molar-refractivity contribution in [1.82, 2.24) is 4.90 Å². The molecule has 0 bridgehead atoms. The minimum absolute atomic E-state index is 0.119. The lowest BCUT2D eigenvalue weighted by molar-refractivity contribution is -0.117. The number of hydrogen-bond donors (Lipinski definition) is 1. The number of fused-ring (bicyclic) bond motifs is 2. The number of hydrogen-bond acceptors (Lipinski definition) is 5. The van der Waals surface area contributed by atoms with Gasteiger partial charge in [0.15, 0.2) is 17.3 Å². The zero-order valence-electron chi connectivity index (χ0n) is 15.5. The second kappa shape index (κ2) is 7.04. The lowest BCUT2D eigenvalue weighted by Crippen LogP contribution is -2.32. The Balaban J connectivity index is 1.48. The summed E-state index contributed by atoms with van der Waals surface area (Å²) in [5, 5.41) is 2.86. The molecular formula is C21H22N2O4. The van der Waals surface area contributed by atoms with Gasteiger partial charge in [0.2, 0.25) is 12.7 Å². The average Bonchev–Trinajstić information content (AvgIpc) is 3.26. The van der Waals surface area contributed by atoms with Gasteiger partial charge < -0.3 is 14.8 Å². The average molecular weight is 366 g/mol. The first kappa shape index (κ1) is 17.5. The van der Waals surface area contributed by atoms with Crippen LogP contribution in [-0.4, -0.2) is 37.0 Å². The number of Topliss-reactive ketones (excluding diaryl/α,β-unsaturated/α-hetero) is 1. The van der Waals surface area contributed by atoms with E-state index in [1.165, 1.54) is 18.1 Å². The van der Waals surface area contributed by atoms with E-state index in [1.54, 1.807) is 12.1 Å². The molecular weight excluding hydrogens is 344 g/mol. The predicted molar refractivity (Wildman–Crippen MR) is 101 cm³/mol. The number of aryl methyl sites for hydroxylation is 1. The summed E-state index contributed by atoms with van der Waals surface area (Å²) in [6, 6.07) is 11.9. The molecule has 0 aromatic heterocycles. The highest BCUT2D eigenvalue weighted by Gasteiger charge is 2.27. The minimum Gasteiger partial charge on any atom is -0.454 e. The van der Waals surface area contributed by atoms with E-state index in [4.69, 9.17) is 9.47 Å². The molecule has 0 unspecified atom stereocenters. The van der Waals surface area contributed by atoms with Crippen molar-refractivity contribution in [3.8, 4) is 11.5 Å². The maximum atomic E-state index is 12.6. The Morgan fingerprint density at radius 2 is 1.93 bits per heavy atom. The second-order valence-electron chi connectivity index (χ2n) is 7.02. The number of ether oxygens (including phenoxy) is 2. The highest BCUT2D eigenvalue weighted by Crippen LogP contribution is 2.38. The standard InChI is InChI=1S/C21H22N2O4/c1-13(24)16-9-19-20(27-12-26-19)10-17(16)22-21(25)11-23(2)18-8-7-14-5-3-4-6-15(14)18/h3-6,9-10,18H,7-8,11-12H2,1-2H3,(H,22,25)/t18-/m0/s1. The normalized spacial score (nSPS) is 17.1. The molecule has 1 aliphatic heterocycles. The van der Waals surface area contributed by atoms with Gasteiger partial charge in [-0.2, -0.15) is 0 Å². The third kappa shape index (κ3) is 3.40. The molecule has 1 heterocycles. The smallest absolute Gasteiger partial charge is 0.238 e. The second-order valence-corrected chi connectivity index (χ2v) is 7.02. The van der Waals surface area contributed by atoms with Gasteiger partial charge in [0, 0.05) is 17.7 Å². The van der Waals surface area contributed by atoms with Crippen LogP contribution in [0.2, 0.25) is 0 Å². The SMILES string of the molecule is CC(=O)c1cc2c(cc1NC(=O)CN(C)[C@H]1CCc3ccccc31)OCO2. The van der Waals surface area contributed by atoms with Crippen molar-refractivity contribution in [3.63, 3.8) is 0 Å². The van der Waals surface area contributed by atoms with Gasteiger partial charge in [-0.05, 0) is 44.0 Å². The van der Waals surface area contributed by atoms with Crippen LogP contribution in [0, 0.1) is 0 Å². The Hall–Kier alpha value is -2.86. The van der Waals surface area contributed by atoms with Gasteiger partial charge in [-0.1, -0.05) is 24.3 Å². The molecule has 0 saturated heterocycles. The largest absolute Gasteiger partial charge is 0.454 e. The van der Waals surface area contributed by atoms with Gasteiger partial charge in [-0.25, -0.2) is 0 Å². The molecule has 2 aromatic carbocycles. The molecule has 1 amide bonds. The number of anilines is 1. The van der Waals surface area contributed by atoms with Crippen molar-refractivity contribution >= 4 is 17.4 Å². The fourth-order valence-corrected chi connectivity index (χ4v) is 3.86. The van der Waals surface area contributed by atoms with Gasteiger partial charge >= 0.3 is 0 Å². The Morgan fingerprint density at radius 1 is 1.19 bits per heavy atom. The van der Waals surface area contributed by atoms with Crippen molar-refractivity contribution in [2.24, 2.45) is 0 Å². The zero-order chi connectivity index (χ0) is 19.0. The summed E-state index contributed by atoms with van der Waals surface area (Å²) in [7, 11) is 1.96. The van der Waals surface area contributed by atoms with Crippen LogP contribution in [0.4, 0.5) is 5.69 Å². The number of likely N-dealkylation sites (N-methyl/N-ethyl adjacent to an activating group) is 1. The first-order chi connectivity index (χ1) is 13.0. The molecule has 4 rings (SSSR count). The van der Waals surface area contributed by atoms with Gasteiger partial charge in [0.05, 0.1) is 12.2 Å². The van der Waals surface area contributed by atoms with E-state index in [2.05, 4.69) is 28.4 Å². The molecule has 6 nitrogen and oxygen atoms in total. The number of nitrogens with one attached hydrogen (secondary N) is 1. The van der Waals surface area contributed by atoms with E-state index in [0.29, 0.717) is 22.7 Å². The van der Waals surface area contributed by atoms with E-state index in [0.717, 1.165) is 12.8 Å². The lowest BCUT2D eigenvalue weighted by atomic mass is 10.1. The topological polar surface area (TPSA) is 67.9 Å². The zero-order valence-corrected chi connectivity index (χ0v) is 15.5. The van der Waals surface area contributed by atoms with E-state index in [-0.39, 0.29) is 31.1 Å². The van der Waals surface area contributed by atoms with E-state index < -0.39 is 0 Å². The fourth-order valence-electron chi connectivity index (χ4n) is 3.86. The van der Waals surface area contributed by atoms with Crippen LogP contribution >= 0.6 is 0 Å². The molecule has 0 fully saturated rings. The summed E-state index contributed by atoms with van der Waals surface area (Å²) in [6.07, 6.45) is 2.04. The molecule has 2 aliphatic rings. The van der Waals surface area contributed by atoms with Crippen LogP contribution in [0.1, 0.15) is 40.9 Å².